The van der Waals surface area contributed by atoms with Crippen LogP contribution in [0.2, 0.25) is 0 Å². The molecule has 8 heteroatoms. The van der Waals surface area contributed by atoms with Gasteiger partial charge in [0.05, 0.1) is 19.9 Å². The molecule has 2 aromatic rings. The smallest absolute Gasteiger partial charge is 0.319 e. The predicted molar refractivity (Wildman–Crippen MR) is 98.9 cm³/mol. The highest BCUT2D eigenvalue weighted by atomic mass is 19.1. The number of hydrogen-bond acceptors (Lipinski definition) is 4. The number of methoxy groups -OCH3 is 2. The minimum Gasteiger partial charge on any atom is -0.497 e. The van der Waals surface area contributed by atoms with E-state index in [9.17, 15) is 14.0 Å². The van der Waals surface area contributed by atoms with E-state index in [0.29, 0.717) is 35.8 Å². The van der Waals surface area contributed by atoms with Crippen LogP contribution in [-0.4, -0.2) is 38.7 Å². The fourth-order valence-corrected chi connectivity index (χ4v) is 2.91. The van der Waals surface area contributed by atoms with Gasteiger partial charge in [-0.25, -0.2) is 9.18 Å². The van der Waals surface area contributed by atoms with Crippen molar-refractivity contribution in [2.45, 2.75) is 12.5 Å². The van der Waals surface area contributed by atoms with Gasteiger partial charge in [0.2, 0.25) is 5.91 Å². The fraction of sp³-hybridized carbons (Fsp3) is 0.263. The topological polar surface area (TPSA) is 79.9 Å². The van der Waals surface area contributed by atoms with E-state index < -0.39 is 12.1 Å². The monoisotopic (exact) mass is 373 g/mol. The largest absolute Gasteiger partial charge is 0.497 e. The average molecular weight is 373 g/mol. The minimum atomic E-state index is -0.653. The third kappa shape index (κ3) is 4.11. The molecular formula is C19H20FN3O4. The van der Waals surface area contributed by atoms with Crippen molar-refractivity contribution < 1.29 is 23.5 Å². The summed E-state index contributed by atoms with van der Waals surface area (Å²) in [5, 5.41) is 5.34. The number of halogens is 1. The van der Waals surface area contributed by atoms with Crippen molar-refractivity contribution in [1.82, 2.24) is 5.32 Å². The van der Waals surface area contributed by atoms with Crippen molar-refractivity contribution in [3.8, 4) is 11.5 Å². The molecule has 7 nitrogen and oxygen atoms in total. The lowest BCUT2D eigenvalue weighted by Crippen LogP contribution is -2.43. The van der Waals surface area contributed by atoms with Crippen LogP contribution in [-0.2, 0) is 4.79 Å². The van der Waals surface area contributed by atoms with E-state index in [1.165, 1.54) is 43.4 Å². The zero-order valence-electron chi connectivity index (χ0n) is 15.0. The third-order valence-corrected chi connectivity index (χ3v) is 4.31. The van der Waals surface area contributed by atoms with Crippen molar-refractivity contribution in [2.75, 3.05) is 31.0 Å². The average Bonchev–Trinajstić information content (AvgIpc) is 3.03. The number of anilines is 2. The molecule has 3 rings (SSSR count). The van der Waals surface area contributed by atoms with Gasteiger partial charge in [-0.05, 0) is 42.8 Å². The highest BCUT2D eigenvalue weighted by Crippen LogP contribution is 2.29. The van der Waals surface area contributed by atoms with Gasteiger partial charge in [-0.1, -0.05) is 0 Å². The number of benzene rings is 2. The van der Waals surface area contributed by atoms with Crippen molar-refractivity contribution in [2.24, 2.45) is 0 Å². The first-order valence-corrected chi connectivity index (χ1v) is 8.38. The molecule has 1 atom stereocenters. The molecule has 0 unspecified atom stereocenters. The number of ether oxygens (including phenoxy) is 2. The van der Waals surface area contributed by atoms with Crippen LogP contribution in [0.3, 0.4) is 0 Å². The van der Waals surface area contributed by atoms with Crippen LogP contribution in [0.4, 0.5) is 20.6 Å². The van der Waals surface area contributed by atoms with Crippen LogP contribution < -0.4 is 25.0 Å². The minimum absolute atomic E-state index is 0.238. The number of amides is 3. The first kappa shape index (κ1) is 18.5. The second-order valence-electron chi connectivity index (χ2n) is 5.97. The Hall–Kier alpha value is -3.29. The Kier molecular flexibility index (Phi) is 5.44. The first-order chi connectivity index (χ1) is 13.0. The Morgan fingerprint density at radius 2 is 1.89 bits per heavy atom. The van der Waals surface area contributed by atoms with Crippen LogP contribution in [0.25, 0.3) is 0 Å². The van der Waals surface area contributed by atoms with Crippen molar-refractivity contribution in [3.63, 3.8) is 0 Å². The van der Waals surface area contributed by atoms with Gasteiger partial charge in [0, 0.05) is 18.3 Å². The molecule has 1 fully saturated rings. The summed E-state index contributed by atoms with van der Waals surface area (Å²) in [5.41, 5.74) is 1.06. The number of hydrogen-bond donors (Lipinski definition) is 2. The normalized spacial score (nSPS) is 16.2. The van der Waals surface area contributed by atoms with Crippen LogP contribution >= 0.6 is 0 Å². The number of nitrogens with one attached hydrogen (secondary N) is 2. The molecule has 2 aromatic carbocycles. The molecule has 0 spiro atoms. The molecule has 0 aromatic heterocycles. The van der Waals surface area contributed by atoms with E-state index in [0.717, 1.165) is 0 Å². The molecule has 2 N–H and O–H groups in total. The van der Waals surface area contributed by atoms with E-state index in [-0.39, 0.29) is 11.7 Å². The van der Waals surface area contributed by atoms with Crippen LogP contribution in [0.5, 0.6) is 11.5 Å². The van der Waals surface area contributed by atoms with Crippen LogP contribution in [0.15, 0.2) is 42.5 Å². The molecule has 0 radical (unpaired) electrons. The van der Waals surface area contributed by atoms with Gasteiger partial charge >= 0.3 is 6.03 Å². The number of carbonyl (C=O) groups is 2. The molecule has 27 heavy (non-hydrogen) atoms. The van der Waals surface area contributed by atoms with Gasteiger partial charge in [0.25, 0.3) is 0 Å². The number of rotatable bonds is 5. The lowest BCUT2D eigenvalue weighted by atomic mass is 10.2. The Labute approximate surface area is 156 Å². The predicted octanol–water partition coefficient (Wildman–Crippen LogP) is 2.77. The van der Waals surface area contributed by atoms with Gasteiger partial charge in [-0.15, -0.1) is 0 Å². The molecule has 1 heterocycles. The Morgan fingerprint density at radius 1 is 1.15 bits per heavy atom. The van der Waals surface area contributed by atoms with E-state index in [2.05, 4.69) is 10.6 Å². The summed E-state index contributed by atoms with van der Waals surface area (Å²) in [6.07, 6.45) is 0.462. The highest BCUT2D eigenvalue weighted by molar-refractivity contribution is 6.02. The standard InChI is InChI=1S/C19H20FN3O4/c1-26-14-7-8-15(17(11-14)27-2)21-19(25)22-16-9-10-23(18(16)24)13-5-3-12(20)4-6-13/h3-8,11,16H,9-10H2,1-2H3,(H2,21,22,25)/t16-/m1/s1. The van der Waals surface area contributed by atoms with Crippen LogP contribution in [0, 0.1) is 5.82 Å². The fourth-order valence-electron chi connectivity index (χ4n) is 2.91. The van der Waals surface area contributed by atoms with Gasteiger partial charge in [0.15, 0.2) is 0 Å². The van der Waals surface area contributed by atoms with E-state index in [4.69, 9.17) is 9.47 Å². The lowest BCUT2D eigenvalue weighted by Gasteiger charge is -2.18. The second kappa shape index (κ2) is 7.94. The lowest BCUT2D eigenvalue weighted by molar-refractivity contribution is -0.118. The highest BCUT2D eigenvalue weighted by Gasteiger charge is 2.33. The molecular weight excluding hydrogens is 353 g/mol. The van der Waals surface area contributed by atoms with E-state index >= 15 is 0 Å². The maximum absolute atomic E-state index is 13.0. The molecule has 1 aliphatic rings. The number of nitrogens with zero attached hydrogens (tertiary/aromatic N) is 1. The van der Waals surface area contributed by atoms with E-state index in [1.54, 1.807) is 18.2 Å². The Balaban J connectivity index is 1.63. The van der Waals surface area contributed by atoms with Gasteiger partial charge in [0.1, 0.15) is 23.4 Å². The summed E-state index contributed by atoms with van der Waals surface area (Å²) in [4.78, 5) is 26.4. The molecule has 0 saturated carbocycles. The summed E-state index contributed by atoms with van der Waals surface area (Å²) in [5.74, 6) is 0.431. The molecule has 1 saturated heterocycles. The van der Waals surface area contributed by atoms with Gasteiger partial charge in [-0.2, -0.15) is 0 Å². The van der Waals surface area contributed by atoms with Crippen molar-refractivity contribution in [3.05, 3.63) is 48.3 Å². The zero-order valence-corrected chi connectivity index (χ0v) is 15.0. The molecule has 1 aliphatic heterocycles. The molecule has 3 amide bonds. The van der Waals surface area contributed by atoms with Crippen molar-refractivity contribution in [1.29, 1.82) is 0 Å². The van der Waals surface area contributed by atoms with Crippen LogP contribution in [0.1, 0.15) is 6.42 Å². The summed E-state index contributed by atoms with van der Waals surface area (Å²) in [7, 11) is 3.02. The zero-order chi connectivity index (χ0) is 19.4. The molecule has 142 valence electrons. The summed E-state index contributed by atoms with van der Waals surface area (Å²) in [6.45, 7) is 0.446. The Bertz CT molecular complexity index is 841. The SMILES string of the molecule is COc1ccc(NC(=O)N[C@@H]2CCN(c3ccc(F)cc3)C2=O)c(OC)c1. The summed E-state index contributed by atoms with van der Waals surface area (Å²) >= 11 is 0. The third-order valence-electron chi connectivity index (χ3n) is 4.31. The first-order valence-electron chi connectivity index (χ1n) is 8.38. The number of carbonyl (C=O) groups excluding carboxylic acids is 2. The summed E-state index contributed by atoms with van der Waals surface area (Å²) in [6, 6.07) is 9.49. The summed E-state index contributed by atoms with van der Waals surface area (Å²) < 4.78 is 23.4. The van der Waals surface area contributed by atoms with Gasteiger partial charge in [-0.3, -0.25) is 4.79 Å². The van der Waals surface area contributed by atoms with E-state index in [1.807, 2.05) is 0 Å². The molecule has 0 aliphatic carbocycles. The quantitative estimate of drug-likeness (QED) is 0.845. The maximum atomic E-state index is 13.0. The second-order valence-corrected chi connectivity index (χ2v) is 5.97. The Morgan fingerprint density at radius 3 is 2.56 bits per heavy atom. The van der Waals surface area contributed by atoms with Gasteiger partial charge < -0.3 is 25.0 Å². The maximum Gasteiger partial charge on any atom is 0.319 e. The number of urea groups is 1. The molecule has 0 bridgehead atoms. The van der Waals surface area contributed by atoms with Crippen molar-refractivity contribution >= 4 is 23.3 Å².